The predicted molar refractivity (Wildman–Crippen MR) is 137 cm³/mol. The number of pyridine rings is 1. The standard InChI is InChI=1S/C27H22FN5OS2/c1-11-25(36-12(2)30-11)16-10-35-27(31-16)32-17-8-5-14(9-29-17)26(34)33-23-19-18(13-3-6-15(28)7-4-13)20-22(21(19)23)24(20)33/h3-10,18-24H,1-2H3,(H,29,31,32)/t18?,19?,20?,21-,22+,23+,24?/m0/s1. The van der Waals surface area contributed by atoms with E-state index >= 15 is 0 Å². The topological polar surface area (TPSA) is 71.0 Å². The van der Waals surface area contributed by atoms with Crippen LogP contribution in [-0.4, -0.2) is 37.8 Å². The molecule has 180 valence electrons. The number of rotatable bonds is 5. The average molecular weight is 516 g/mol. The summed E-state index contributed by atoms with van der Waals surface area (Å²) in [6.45, 7) is 4.00. The second-order valence-electron chi connectivity index (χ2n) is 10.3. The number of piperidine rings is 3. The van der Waals surface area contributed by atoms with Gasteiger partial charge in [-0.25, -0.2) is 19.3 Å². The minimum atomic E-state index is -0.191. The third kappa shape index (κ3) is 2.87. The van der Waals surface area contributed by atoms with Crippen LogP contribution in [0.5, 0.6) is 0 Å². The number of aryl methyl sites for hydroxylation is 2. The molecule has 3 aromatic heterocycles. The van der Waals surface area contributed by atoms with Crippen LogP contribution in [0.25, 0.3) is 10.6 Å². The highest BCUT2D eigenvalue weighted by atomic mass is 32.1. The first-order valence-corrected chi connectivity index (χ1v) is 13.9. The number of likely N-dealkylation sites (tertiary alicyclic amines) is 1. The van der Waals surface area contributed by atoms with E-state index in [1.54, 1.807) is 29.7 Å². The molecule has 0 radical (unpaired) electrons. The van der Waals surface area contributed by atoms with Gasteiger partial charge in [0.2, 0.25) is 0 Å². The Hall–Kier alpha value is -3.17. The monoisotopic (exact) mass is 515 g/mol. The molecule has 3 saturated carbocycles. The van der Waals surface area contributed by atoms with Crippen LogP contribution in [0.15, 0.2) is 48.0 Å². The van der Waals surface area contributed by atoms with Crippen molar-refractivity contribution in [2.45, 2.75) is 31.8 Å². The molecule has 4 heterocycles. The summed E-state index contributed by atoms with van der Waals surface area (Å²) < 4.78 is 13.4. The zero-order chi connectivity index (χ0) is 24.3. The van der Waals surface area contributed by atoms with Crippen LogP contribution in [0.1, 0.15) is 32.5 Å². The van der Waals surface area contributed by atoms with Crippen LogP contribution in [-0.2, 0) is 0 Å². The quantitative estimate of drug-likeness (QED) is 0.372. The van der Waals surface area contributed by atoms with E-state index in [1.807, 2.05) is 43.5 Å². The molecule has 4 aliphatic rings. The number of nitrogens with one attached hydrogen (secondary N) is 1. The van der Waals surface area contributed by atoms with Gasteiger partial charge in [0.05, 0.1) is 26.8 Å². The summed E-state index contributed by atoms with van der Waals surface area (Å²) in [6.07, 6.45) is 1.67. The van der Waals surface area contributed by atoms with Gasteiger partial charge >= 0.3 is 0 Å². The van der Waals surface area contributed by atoms with Crippen LogP contribution in [0.4, 0.5) is 15.3 Å². The fourth-order valence-electron chi connectivity index (χ4n) is 7.21. The molecule has 1 aliphatic heterocycles. The summed E-state index contributed by atoms with van der Waals surface area (Å²) in [7, 11) is 0. The Balaban J connectivity index is 0.965. The summed E-state index contributed by atoms with van der Waals surface area (Å²) in [6, 6.07) is 11.4. The van der Waals surface area contributed by atoms with Crippen LogP contribution in [0.3, 0.4) is 0 Å². The largest absolute Gasteiger partial charge is 0.331 e. The zero-order valence-corrected chi connectivity index (χ0v) is 21.2. The molecule has 7 atom stereocenters. The maximum Gasteiger partial charge on any atom is 0.255 e. The molecule has 0 spiro atoms. The average Bonchev–Trinajstić information content (AvgIpc) is 3.52. The second kappa shape index (κ2) is 7.20. The normalized spacial score (nSPS) is 30.4. The van der Waals surface area contributed by atoms with E-state index in [1.165, 1.54) is 16.9 Å². The number of anilines is 2. The van der Waals surface area contributed by atoms with Crippen molar-refractivity contribution >= 4 is 39.5 Å². The van der Waals surface area contributed by atoms with Gasteiger partial charge in [-0.05, 0) is 73.3 Å². The van der Waals surface area contributed by atoms with E-state index < -0.39 is 0 Å². The summed E-state index contributed by atoms with van der Waals surface area (Å²) >= 11 is 3.17. The fourth-order valence-corrected chi connectivity index (χ4v) is 8.87. The molecular weight excluding hydrogens is 493 g/mol. The molecular formula is C27H22FN5OS2. The number of carbonyl (C=O) groups is 1. The third-order valence-electron chi connectivity index (χ3n) is 8.48. The molecule has 0 bridgehead atoms. The van der Waals surface area contributed by atoms with E-state index in [9.17, 15) is 9.18 Å². The number of halogens is 1. The van der Waals surface area contributed by atoms with E-state index in [4.69, 9.17) is 4.98 Å². The van der Waals surface area contributed by atoms with Crippen molar-refractivity contribution in [3.63, 3.8) is 0 Å². The molecule has 36 heavy (non-hydrogen) atoms. The van der Waals surface area contributed by atoms with Crippen molar-refractivity contribution in [2.24, 2.45) is 23.7 Å². The summed E-state index contributed by atoms with van der Waals surface area (Å²) in [5.74, 6) is 3.34. The number of benzene rings is 1. The number of hydrogen-bond acceptors (Lipinski definition) is 7. The fraction of sp³-hybridized carbons (Fsp3) is 0.333. The molecule has 8 rings (SSSR count). The lowest BCUT2D eigenvalue weighted by atomic mass is 9.88. The van der Waals surface area contributed by atoms with Gasteiger partial charge in [0.15, 0.2) is 5.13 Å². The molecule has 1 N–H and O–H groups in total. The molecule has 1 saturated heterocycles. The molecule has 9 heteroatoms. The Labute approximate surface area is 215 Å². The Bertz CT molecular complexity index is 1510. The van der Waals surface area contributed by atoms with Crippen molar-refractivity contribution < 1.29 is 9.18 Å². The molecule has 1 aromatic carbocycles. The van der Waals surface area contributed by atoms with E-state index in [2.05, 4.69) is 20.2 Å². The molecule has 4 unspecified atom stereocenters. The predicted octanol–water partition coefficient (Wildman–Crippen LogP) is 5.64. The molecule has 4 fully saturated rings. The SMILES string of the molecule is Cc1nc(C)c(-c2csc(Nc3ccc(C(=O)N4C5C6C(c7ccc(F)cc7)C7[C@@H]([C@@H]65)[C@@H]74)cn3)n2)s1. The van der Waals surface area contributed by atoms with Gasteiger partial charge in [0, 0.05) is 23.7 Å². The van der Waals surface area contributed by atoms with E-state index in [-0.39, 0.29) is 11.7 Å². The van der Waals surface area contributed by atoms with Gasteiger partial charge in [0.1, 0.15) is 11.6 Å². The van der Waals surface area contributed by atoms with Crippen LogP contribution >= 0.6 is 22.7 Å². The van der Waals surface area contributed by atoms with Crippen molar-refractivity contribution in [1.29, 1.82) is 0 Å². The molecule has 4 aromatic rings. The van der Waals surface area contributed by atoms with E-state index in [0.717, 1.165) is 26.4 Å². The van der Waals surface area contributed by atoms with Crippen LogP contribution in [0, 0.1) is 43.3 Å². The van der Waals surface area contributed by atoms with Crippen LogP contribution in [0.2, 0.25) is 0 Å². The molecule has 6 nitrogen and oxygen atoms in total. The maximum atomic E-state index is 13.4. The van der Waals surface area contributed by atoms with E-state index in [0.29, 0.717) is 53.1 Å². The highest BCUT2D eigenvalue weighted by molar-refractivity contribution is 7.16. The van der Waals surface area contributed by atoms with Crippen LogP contribution < -0.4 is 5.32 Å². The van der Waals surface area contributed by atoms with Crippen molar-refractivity contribution in [2.75, 3.05) is 5.32 Å². The smallest absolute Gasteiger partial charge is 0.255 e. The van der Waals surface area contributed by atoms with Gasteiger partial charge in [0.25, 0.3) is 5.91 Å². The molecule has 3 aliphatic carbocycles. The second-order valence-corrected chi connectivity index (χ2v) is 12.4. The van der Waals surface area contributed by atoms with Crippen molar-refractivity contribution in [3.8, 4) is 10.6 Å². The zero-order valence-electron chi connectivity index (χ0n) is 19.6. The summed E-state index contributed by atoms with van der Waals surface area (Å²) in [5.41, 5.74) is 3.78. The summed E-state index contributed by atoms with van der Waals surface area (Å²) in [4.78, 5) is 30.4. The number of carbonyl (C=O) groups excluding carboxylic acids is 1. The Kier molecular flexibility index (Phi) is 4.19. The first-order valence-electron chi connectivity index (χ1n) is 12.2. The van der Waals surface area contributed by atoms with Gasteiger partial charge in [-0.3, -0.25) is 4.79 Å². The minimum Gasteiger partial charge on any atom is -0.331 e. The Morgan fingerprint density at radius 1 is 1.00 bits per heavy atom. The Morgan fingerprint density at radius 2 is 1.75 bits per heavy atom. The summed E-state index contributed by atoms with van der Waals surface area (Å²) in [5, 5.41) is 7.08. The lowest BCUT2D eigenvalue weighted by Gasteiger charge is -2.31. The minimum absolute atomic E-state index is 0.0895. The van der Waals surface area contributed by atoms with Crippen molar-refractivity contribution in [3.05, 3.63) is 75.6 Å². The lowest BCUT2D eigenvalue weighted by molar-refractivity contribution is 0.0682. The maximum absolute atomic E-state index is 13.4. The highest BCUT2D eigenvalue weighted by Crippen LogP contribution is 2.83. The third-order valence-corrected chi connectivity index (χ3v) is 10.3. The van der Waals surface area contributed by atoms with Crippen molar-refractivity contribution in [1.82, 2.24) is 19.9 Å². The number of thiazole rings is 2. The molecule has 1 amide bonds. The van der Waals surface area contributed by atoms with Gasteiger partial charge in [-0.15, -0.1) is 22.7 Å². The highest BCUT2D eigenvalue weighted by Gasteiger charge is 2.87. The first kappa shape index (κ1) is 21.0. The first-order chi connectivity index (χ1) is 17.5. The van der Waals surface area contributed by atoms with Gasteiger partial charge < -0.3 is 10.2 Å². The number of amides is 1. The number of nitrogens with zero attached hydrogens (tertiary/aromatic N) is 4. The van der Waals surface area contributed by atoms with Gasteiger partial charge in [-0.2, -0.15) is 0 Å². The number of aromatic nitrogens is 3. The number of hydrogen-bond donors (Lipinski definition) is 1. The Morgan fingerprint density at radius 3 is 2.39 bits per heavy atom. The van der Waals surface area contributed by atoms with Gasteiger partial charge in [-0.1, -0.05) is 12.1 Å². The lowest BCUT2D eigenvalue weighted by Crippen LogP contribution is -2.40. The number of fused-ring (bicyclic) bond motifs is 2.